The van der Waals surface area contributed by atoms with Crippen LogP contribution in [-0.4, -0.2) is 40.8 Å². The molecule has 0 aromatic rings. The van der Waals surface area contributed by atoms with Crippen LogP contribution in [-0.2, 0) is 9.53 Å². The Labute approximate surface area is 113 Å². The minimum Gasteiger partial charge on any atom is -0.481 e. The third-order valence-electron chi connectivity index (χ3n) is 4.05. The van der Waals surface area contributed by atoms with E-state index < -0.39 is 11.6 Å². The maximum atomic E-state index is 12.0. The molecule has 0 aromatic carbocycles. The highest BCUT2D eigenvalue weighted by Gasteiger charge is 2.42. The SMILES string of the molecule is CC(C)(C)OC(=O)N1C[C@H]2CCC(C(=O)O)C[C@@H]2C1. The Morgan fingerprint density at radius 2 is 1.79 bits per heavy atom. The van der Waals surface area contributed by atoms with Crippen molar-refractivity contribution in [1.82, 2.24) is 4.90 Å². The number of carboxylic acids is 1. The van der Waals surface area contributed by atoms with Gasteiger partial charge in [0, 0.05) is 13.1 Å². The van der Waals surface area contributed by atoms with Crippen molar-refractivity contribution in [3.05, 3.63) is 0 Å². The van der Waals surface area contributed by atoms with Crippen LogP contribution in [0.4, 0.5) is 4.79 Å². The molecule has 1 N–H and O–H groups in total. The molecule has 1 saturated carbocycles. The second kappa shape index (κ2) is 5.02. The molecule has 19 heavy (non-hydrogen) atoms. The van der Waals surface area contributed by atoms with Crippen molar-refractivity contribution < 1.29 is 19.4 Å². The van der Waals surface area contributed by atoms with Crippen LogP contribution in [0.25, 0.3) is 0 Å². The number of likely N-dealkylation sites (tertiary alicyclic amines) is 1. The van der Waals surface area contributed by atoms with Crippen LogP contribution in [0.15, 0.2) is 0 Å². The second-order valence-corrected chi connectivity index (χ2v) is 6.75. The lowest BCUT2D eigenvalue weighted by Crippen LogP contribution is -2.35. The lowest BCUT2D eigenvalue weighted by molar-refractivity contribution is -0.143. The lowest BCUT2D eigenvalue weighted by atomic mass is 9.76. The highest BCUT2D eigenvalue weighted by molar-refractivity contribution is 5.70. The summed E-state index contributed by atoms with van der Waals surface area (Å²) in [4.78, 5) is 24.8. The average molecular weight is 269 g/mol. The van der Waals surface area contributed by atoms with Crippen molar-refractivity contribution in [2.75, 3.05) is 13.1 Å². The Balaban J connectivity index is 1.92. The molecule has 5 nitrogen and oxygen atoms in total. The van der Waals surface area contributed by atoms with Gasteiger partial charge in [0.2, 0.25) is 0 Å². The number of carboxylic acid groups (broad SMARTS) is 1. The molecule has 1 amide bonds. The first-order chi connectivity index (χ1) is 8.76. The predicted molar refractivity (Wildman–Crippen MR) is 69.8 cm³/mol. The van der Waals surface area contributed by atoms with Crippen LogP contribution in [0.5, 0.6) is 0 Å². The van der Waals surface area contributed by atoms with Crippen LogP contribution < -0.4 is 0 Å². The molecule has 3 atom stereocenters. The number of fused-ring (bicyclic) bond motifs is 1. The molecule has 1 heterocycles. The van der Waals surface area contributed by atoms with E-state index in [1.54, 1.807) is 4.90 Å². The van der Waals surface area contributed by atoms with Gasteiger partial charge in [-0.25, -0.2) is 4.79 Å². The van der Waals surface area contributed by atoms with E-state index in [9.17, 15) is 9.59 Å². The summed E-state index contributed by atoms with van der Waals surface area (Å²) in [6, 6.07) is 0. The van der Waals surface area contributed by atoms with E-state index in [1.165, 1.54) is 0 Å². The maximum absolute atomic E-state index is 12.0. The number of amides is 1. The number of aliphatic carboxylic acids is 1. The van der Waals surface area contributed by atoms with Crippen LogP contribution >= 0.6 is 0 Å². The molecule has 2 fully saturated rings. The molecule has 1 aliphatic carbocycles. The van der Waals surface area contributed by atoms with Crippen LogP contribution in [0.3, 0.4) is 0 Å². The van der Waals surface area contributed by atoms with Crippen LogP contribution in [0.1, 0.15) is 40.0 Å². The number of nitrogens with zero attached hydrogens (tertiary/aromatic N) is 1. The van der Waals surface area contributed by atoms with Crippen LogP contribution in [0.2, 0.25) is 0 Å². The molecule has 0 radical (unpaired) electrons. The average Bonchev–Trinajstić information content (AvgIpc) is 2.68. The zero-order chi connectivity index (χ0) is 14.2. The van der Waals surface area contributed by atoms with E-state index in [4.69, 9.17) is 9.84 Å². The molecular formula is C14H23NO4. The van der Waals surface area contributed by atoms with Gasteiger partial charge in [-0.05, 0) is 51.9 Å². The van der Waals surface area contributed by atoms with Gasteiger partial charge in [0.1, 0.15) is 5.60 Å². The van der Waals surface area contributed by atoms with E-state index in [0.717, 1.165) is 12.8 Å². The van der Waals surface area contributed by atoms with Gasteiger partial charge in [0.05, 0.1) is 5.92 Å². The summed E-state index contributed by atoms with van der Waals surface area (Å²) >= 11 is 0. The fraction of sp³-hybridized carbons (Fsp3) is 0.857. The number of carbonyl (C=O) groups is 2. The Hall–Kier alpha value is -1.26. The van der Waals surface area contributed by atoms with Gasteiger partial charge >= 0.3 is 12.1 Å². The van der Waals surface area contributed by atoms with Gasteiger partial charge < -0.3 is 14.7 Å². The zero-order valence-electron chi connectivity index (χ0n) is 11.9. The predicted octanol–water partition coefficient (Wildman–Crippen LogP) is 2.35. The van der Waals surface area contributed by atoms with E-state index in [1.807, 2.05) is 20.8 Å². The standard InChI is InChI=1S/C14H23NO4/c1-14(2,3)19-13(18)15-7-10-5-4-9(12(16)17)6-11(10)8-15/h9-11H,4-8H2,1-3H3,(H,16,17)/t9?,10-,11-/m1/s1. The van der Waals surface area contributed by atoms with E-state index in [-0.39, 0.29) is 12.0 Å². The molecule has 0 aromatic heterocycles. The fourth-order valence-electron chi connectivity index (χ4n) is 3.13. The van der Waals surface area contributed by atoms with Gasteiger partial charge in [0.15, 0.2) is 0 Å². The highest BCUT2D eigenvalue weighted by atomic mass is 16.6. The summed E-state index contributed by atoms with van der Waals surface area (Å²) in [5, 5.41) is 9.08. The molecule has 1 unspecified atom stereocenters. The Bertz CT molecular complexity index is 374. The van der Waals surface area contributed by atoms with Gasteiger partial charge in [-0.1, -0.05) is 0 Å². The normalized spacial score (nSPS) is 30.9. The molecule has 5 heteroatoms. The first-order valence-corrected chi connectivity index (χ1v) is 6.97. The van der Waals surface area contributed by atoms with E-state index >= 15 is 0 Å². The summed E-state index contributed by atoms with van der Waals surface area (Å²) in [7, 11) is 0. The smallest absolute Gasteiger partial charge is 0.410 e. The molecule has 1 saturated heterocycles. The van der Waals surface area contributed by atoms with Crippen molar-refractivity contribution in [3.63, 3.8) is 0 Å². The van der Waals surface area contributed by atoms with Crippen LogP contribution in [0, 0.1) is 17.8 Å². The molecule has 0 spiro atoms. The molecule has 1 aliphatic heterocycles. The highest BCUT2D eigenvalue weighted by Crippen LogP contribution is 2.39. The van der Waals surface area contributed by atoms with Crippen molar-refractivity contribution in [3.8, 4) is 0 Å². The molecule has 2 aliphatic rings. The lowest BCUT2D eigenvalue weighted by Gasteiger charge is -2.27. The second-order valence-electron chi connectivity index (χ2n) is 6.75. The fourth-order valence-corrected chi connectivity index (χ4v) is 3.13. The summed E-state index contributed by atoms with van der Waals surface area (Å²) in [6.45, 7) is 6.92. The van der Waals surface area contributed by atoms with Gasteiger partial charge in [-0.3, -0.25) is 4.79 Å². The third kappa shape index (κ3) is 3.39. The topological polar surface area (TPSA) is 66.8 Å². The van der Waals surface area contributed by atoms with E-state index in [0.29, 0.717) is 31.3 Å². The zero-order valence-corrected chi connectivity index (χ0v) is 11.9. The summed E-state index contributed by atoms with van der Waals surface area (Å²) in [5.41, 5.74) is -0.478. The Morgan fingerprint density at radius 3 is 2.37 bits per heavy atom. The molecular weight excluding hydrogens is 246 g/mol. The molecule has 0 bridgehead atoms. The number of ether oxygens (including phenoxy) is 1. The number of carbonyl (C=O) groups excluding carboxylic acids is 1. The quantitative estimate of drug-likeness (QED) is 0.793. The molecule has 108 valence electrons. The Morgan fingerprint density at radius 1 is 1.16 bits per heavy atom. The van der Waals surface area contributed by atoms with Crippen molar-refractivity contribution >= 4 is 12.1 Å². The number of hydrogen-bond acceptors (Lipinski definition) is 3. The monoisotopic (exact) mass is 269 g/mol. The van der Waals surface area contributed by atoms with Crippen molar-refractivity contribution in [2.24, 2.45) is 17.8 Å². The maximum Gasteiger partial charge on any atom is 0.410 e. The Kier molecular flexibility index (Phi) is 3.74. The van der Waals surface area contributed by atoms with Gasteiger partial charge in [0.25, 0.3) is 0 Å². The third-order valence-corrected chi connectivity index (χ3v) is 4.05. The number of rotatable bonds is 1. The first kappa shape index (κ1) is 14.2. The first-order valence-electron chi connectivity index (χ1n) is 6.97. The summed E-state index contributed by atoms with van der Waals surface area (Å²) < 4.78 is 5.37. The summed E-state index contributed by atoms with van der Waals surface area (Å²) in [6.07, 6.45) is 2.06. The molecule has 2 rings (SSSR count). The van der Waals surface area contributed by atoms with E-state index in [2.05, 4.69) is 0 Å². The summed E-state index contributed by atoms with van der Waals surface area (Å²) in [5.74, 6) is -0.167. The minimum atomic E-state index is -0.700. The number of hydrogen-bond donors (Lipinski definition) is 1. The van der Waals surface area contributed by atoms with Gasteiger partial charge in [-0.2, -0.15) is 0 Å². The van der Waals surface area contributed by atoms with Crippen molar-refractivity contribution in [2.45, 2.75) is 45.6 Å². The van der Waals surface area contributed by atoms with Gasteiger partial charge in [-0.15, -0.1) is 0 Å². The van der Waals surface area contributed by atoms with Crippen molar-refractivity contribution in [1.29, 1.82) is 0 Å². The largest absolute Gasteiger partial charge is 0.481 e. The minimum absolute atomic E-state index is 0.236.